The van der Waals surface area contributed by atoms with E-state index in [2.05, 4.69) is 5.32 Å². The monoisotopic (exact) mass is 256 g/mol. The number of nitrogens with one attached hydrogen (secondary N) is 1. The summed E-state index contributed by atoms with van der Waals surface area (Å²) in [6.45, 7) is 1.71. The molecule has 3 amide bonds. The van der Waals surface area contributed by atoms with Gasteiger partial charge in [-0.25, -0.2) is 9.69 Å². The van der Waals surface area contributed by atoms with E-state index >= 15 is 0 Å². The second kappa shape index (κ2) is 4.37. The third kappa shape index (κ3) is 1.75. The van der Waals surface area contributed by atoms with Crippen LogP contribution >= 0.6 is 0 Å². The van der Waals surface area contributed by atoms with Crippen LogP contribution in [0.1, 0.15) is 5.56 Å². The molecule has 2 heterocycles. The summed E-state index contributed by atoms with van der Waals surface area (Å²) in [7, 11) is 0. The Hall–Kier alpha value is -2.39. The molecule has 1 aromatic rings. The summed E-state index contributed by atoms with van der Waals surface area (Å²) < 4.78 is 0. The van der Waals surface area contributed by atoms with E-state index in [9.17, 15) is 9.59 Å². The van der Waals surface area contributed by atoms with Crippen molar-refractivity contribution in [3.8, 4) is 6.07 Å². The quantitative estimate of drug-likeness (QED) is 0.733. The number of nitriles is 1. The number of imide groups is 1. The Kier molecular flexibility index (Phi) is 2.69. The normalized spacial score (nSPS) is 22.4. The smallest absolute Gasteiger partial charge is 0.312 e. The van der Waals surface area contributed by atoms with Gasteiger partial charge in [-0.15, -0.1) is 0 Å². The summed E-state index contributed by atoms with van der Waals surface area (Å²) in [6.07, 6.45) is 0. The van der Waals surface area contributed by atoms with Crippen molar-refractivity contribution in [2.45, 2.75) is 6.04 Å². The molecule has 0 saturated carbocycles. The van der Waals surface area contributed by atoms with Crippen LogP contribution < -0.4 is 10.2 Å². The van der Waals surface area contributed by atoms with Crippen LogP contribution in [0, 0.1) is 11.3 Å². The molecule has 1 atom stereocenters. The highest BCUT2D eigenvalue weighted by molar-refractivity contribution is 6.21. The Balaban J connectivity index is 1.98. The zero-order chi connectivity index (χ0) is 13.4. The largest absolute Gasteiger partial charge is 0.332 e. The number of piperazine rings is 1. The predicted octanol–water partition coefficient (Wildman–Crippen LogP) is 0.299. The number of hydrogen-bond acceptors (Lipinski definition) is 4. The van der Waals surface area contributed by atoms with Crippen molar-refractivity contribution in [3.05, 3.63) is 29.8 Å². The van der Waals surface area contributed by atoms with Crippen LogP contribution in [0.4, 0.5) is 10.5 Å². The van der Waals surface area contributed by atoms with E-state index in [1.54, 1.807) is 29.2 Å². The van der Waals surface area contributed by atoms with Crippen molar-refractivity contribution in [1.82, 2.24) is 10.2 Å². The van der Waals surface area contributed by atoms with Gasteiger partial charge in [-0.3, -0.25) is 4.79 Å². The molecule has 3 rings (SSSR count). The van der Waals surface area contributed by atoms with Crippen molar-refractivity contribution in [3.63, 3.8) is 0 Å². The first-order valence-electron chi connectivity index (χ1n) is 6.08. The lowest BCUT2D eigenvalue weighted by atomic mass is 10.2. The van der Waals surface area contributed by atoms with Gasteiger partial charge in [0.2, 0.25) is 0 Å². The van der Waals surface area contributed by atoms with E-state index in [-0.39, 0.29) is 11.9 Å². The molecule has 2 saturated heterocycles. The van der Waals surface area contributed by atoms with Gasteiger partial charge in [0, 0.05) is 19.6 Å². The average molecular weight is 256 g/mol. The van der Waals surface area contributed by atoms with E-state index in [0.29, 0.717) is 30.9 Å². The van der Waals surface area contributed by atoms with Crippen molar-refractivity contribution in [2.24, 2.45) is 0 Å². The van der Waals surface area contributed by atoms with Crippen LogP contribution in [0.2, 0.25) is 0 Å². The Labute approximate surface area is 110 Å². The summed E-state index contributed by atoms with van der Waals surface area (Å²) in [6, 6.07) is 7.82. The maximum Gasteiger partial charge on any atom is 0.332 e. The lowest BCUT2D eigenvalue weighted by Gasteiger charge is -2.26. The molecule has 2 aliphatic rings. The summed E-state index contributed by atoms with van der Waals surface area (Å²) >= 11 is 0. The summed E-state index contributed by atoms with van der Waals surface area (Å²) in [5.74, 6) is -0.229. The molecule has 1 aromatic carbocycles. The summed E-state index contributed by atoms with van der Waals surface area (Å²) in [5.41, 5.74) is 0.893. The van der Waals surface area contributed by atoms with Gasteiger partial charge in [-0.2, -0.15) is 5.26 Å². The van der Waals surface area contributed by atoms with E-state index in [0.717, 1.165) is 0 Å². The van der Waals surface area contributed by atoms with Gasteiger partial charge < -0.3 is 10.2 Å². The van der Waals surface area contributed by atoms with E-state index < -0.39 is 6.04 Å². The number of carbonyl (C=O) groups is 2. The molecule has 2 fully saturated rings. The van der Waals surface area contributed by atoms with Gasteiger partial charge >= 0.3 is 6.03 Å². The molecule has 0 aromatic heterocycles. The fourth-order valence-corrected chi connectivity index (χ4v) is 2.48. The van der Waals surface area contributed by atoms with Gasteiger partial charge in [-0.05, 0) is 18.2 Å². The molecule has 1 unspecified atom stereocenters. The number of amides is 3. The van der Waals surface area contributed by atoms with Crippen LogP contribution in [0.15, 0.2) is 24.3 Å². The maximum absolute atomic E-state index is 12.3. The first kappa shape index (κ1) is 11.7. The highest BCUT2D eigenvalue weighted by atomic mass is 16.2. The standard InChI is InChI=1S/C13H12N4O2/c14-7-9-2-1-3-10(6-9)17-12(18)11-8-15-4-5-16(11)13(17)19/h1-3,6,11,15H,4-5,8H2. The second-order valence-corrected chi connectivity index (χ2v) is 4.53. The van der Waals surface area contributed by atoms with Gasteiger partial charge in [0.1, 0.15) is 6.04 Å². The number of anilines is 1. The van der Waals surface area contributed by atoms with Crippen molar-refractivity contribution >= 4 is 17.6 Å². The molecule has 6 nitrogen and oxygen atoms in total. The number of rotatable bonds is 1. The maximum atomic E-state index is 12.3. The second-order valence-electron chi connectivity index (χ2n) is 4.53. The van der Waals surface area contributed by atoms with Gasteiger partial charge in [0.15, 0.2) is 0 Å². The summed E-state index contributed by atoms with van der Waals surface area (Å²) in [5, 5.41) is 12.0. The fourth-order valence-electron chi connectivity index (χ4n) is 2.48. The third-order valence-corrected chi connectivity index (χ3v) is 3.42. The number of fused-ring (bicyclic) bond motifs is 1. The molecule has 96 valence electrons. The Bertz CT molecular complexity index is 569. The van der Waals surface area contributed by atoms with Gasteiger partial charge in [0.05, 0.1) is 17.3 Å². The minimum absolute atomic E-state index is 0.229. The third-order valence-electron chi connectivity index (χ3n) is 3.42. The summed E-state index contributed by atoms with van der Waals surface area (Å²) in [4.78, 5) is 27.3. The molecular weight excluding hydrogens is 244 g/mol. The molecule has 2 aliphatic heterocycles. The van der Waals surface area contributed by atoms with Crippen LogP contribution in [0.3, 0.4) is 0 Å². The predicted molar refractivity (Wildman–Crippen MR) is 67.4 cm³/mol. The lowest BCUT2D eigenvalue weighted by Crippen LogP contribution is -2.51. The first-order chi connectivity index (χ1) is 9.22. The van der Waals surface area contributed by atoms with Crippen molar-refractivity contribution in [2.75, 3.05) is 24.5 Å². The fraction of sp³-hybridized carbons (Fsp3) is 0.308. The molecule has 0 bridgehead atoms. The number of urea groups is 1. The zero-order valence-electron chi connectivity index (χ0n) is 10.2. The van der Waals surface area contributed by atoms with Crippen molar-refractivity contribution < 1.29 is 9.59 Å². The van der Waals surface area contributed by atoms with E-state index in [1.807, 2.05) is 6.07 Å². The Morgan fingerprint density at radius 2 is 2.21 bits per heavy atom. The van der Waals surface area contributed by atoms with Crippen molar-refractivity contribution in [1.29, 1.82) is 5.26 Å². The number of benzene rings is 1. The van der Waals surface area contributed by atoms with E-state index in [1.165, 1.54) is 4.90 Å². The number of carbonyl (C=O) groups excluding carboxylic acids is 2. The van der Waals surface area contributed by atoms with Crippen LogP contribution in [-0.4, -0.2) is 42.5 Å². The first-order valence-corrected chi connectivity index (χ1v) is 6.08. The molecule has 0 aliphatic carbocycles. The number of nitrogens with zero attached hydrogens (tertiary/aromatic N) is 3. The zero-order valence-corrected chi connectivity index (χ0v) is 10.2. The van der Waals surface area contributed by atoms with Crippen LogP contribution in [0.5, 0.6) is 0 Å². The minimum Gasteiger partial charge on any atom is -0.312 e. The lowest BCUT2D eigenvalue weighted by molar-refractivity contribution is -0.119. The minimum atomic E-state index is -0.424. The Morgan fingerprint density at radius 3 is 2.95 bits per heavy atom. The molecule has 6 heteroatoms. The molecule has 1 N–H and O–H groups in total. The molecule has 0 radical (unpaired) electrons. The Morgan fingerprint density at radius 1 is 1.37 bits per heavy atom. The molecule has 0 spiro atoms. The van der Waals surface area contributed by atoms with Crippen LogP contribution in [0.25, 0.3) is 0 Å². The van der Waals surface area contributed by atoms with Gasteiger partial charge in [-0.1, -0.05) is 6.07 Å². The van der Waals surface area contributed by atoms with Crippen LogP contribution in [-0.2, 0) is 4.79 Å². The topological polar surface area (TPSA) is 76.4 Å². The van der Waals surface area contributed by atoms with Gasteiger partial charge in [0.25, 0.3) is 5.91 Å². The molecule has 19 heavy (non-hydrogen) atoms. The highest BCUT2D eigenvalue weighted by Crippen LogP contribution is 2.26. The number of hydrogen-bond donors (Lipinski definition) is 1. The molecular formula is C13H12N4O2. The SMILES string of the molecule is N#Cc1cccc(N2C(=O)C3CNCCN3C2=O)c1. The average Bonchev–Trinajstić information content (AvgIpc) is 2.72. The highest BCUT2D eigenvalue weighted by Gasteiger charge is 2.46. The van der Waals surface area contributed by atoms with E-state index in [4.69, 9.17) is 5.26 Å².